The minimum Gasteiger partial charge on any atom is -0.353 e. The maximum atomic E-state index is 12.8. The zero-order valence-corrected chi connectivity index (χ0v) is 18.8. The van der Waals surface area contributed by atoms with Gasteiger partial charge in [-0.1, -0.05) is 6.07 Å². The van der Waals surface area contributed by atoms with Gasteiger partial charge < -0.3 is 9.80 Å². The predicted octanol–water partition coefficient (Wildman–Crippen LogP) is 3.03. The average molecular weight is 452 g/mol. The second-order valence-electron chi connectivity index (χ2n) is 7.49. The molecule has 0 radical (unpaired) electrons. The molecule has 2 aromatic heterocycles. The van der Waals surface area contributed by atoms with Crippen LogP contribution in [0.2, 0.25) is 0 Å². The number of carbonyl (C=O) groups excluding carboxylic acids is 2. The third-order valence-electron chi connectivity index (χ3n) is 5.40. The zero-order valence-electron chi connectivity index (χ0n) is 17.2. The first-order valence-corrected chi connectivity index (χ1v) is 9.77. The Kier molecular flexibility index (Phi) is 8.03. The molecule has 4 heterocycles. The number of amides is 2. The minimum atomic E-state index is -0.0139. The third-order valence-corrected chi connectivity index (χ3v) is 5.40. The van der Waals surface area contributed by atoms with Crippen LogP contribution in [0.5, 0.6) is 0 Å². The van der Waals surface area contributed by atoms with Crippen LogP contribution in [-0.2, 0) is 4.79 Å². The fourth-order valence-corrected chi connectivity index (χ4v) is 3.91. The molecule has 2 aliphatic rings. The van der Waals surface area contributed by atoms with Gasteiger partial charge in [-0.05, 0) is 43.5 Å². The highest BCUT2D eigenvalue weighted by Gasteiger charge is 2.25. The number of pyridine rings is 2. The molecule has 0 N–H and O–H groups in total. The highest BCUT2D eigenvalue weighted by molar-refractivity contribution is 5.96. The third kappa shape index (κ3) is 4.84. The Morgan fingerprint density at radius 2 is 1.70 bits per heavy atom. The number of aromatic nitrogens is 2. The summed E-state index contributed by atoms with van der Waals surface area (Å²) in [6, 6.07) is 5.68. The highest BCUT2D eigenvalue weighted by Crippen LogP contribution is 2.21. The molecule has 0 spiro atoms. The number of carbonyl (C=O) groups is 2. The number of nitrogens with zero attached hydrogens (tertiary/aromatic N) is 5. The quantitative estimate of drug-likeness (QED) is 0.716. The lowest BCUT2D eigenvalue weighted by atomic mass is 10.2. The van der Waals surface area contributed by atoms with Crippen molar-refractivity contribution in [3.8, 4) is 0 Å². The molecule has 162 valence electrons. The summed E-state index contributed by atoms with van der Waals surface area (Å²) < 4.78 is 0. The number of rotatable bonds is 3. The number of aryl methyl sites for hydroxylation is 2. The number of anilines is 2. The number of hydrogen-bond donors (Lipinski definition) is 0. The molecule has 7 nitrogen and oxygen atoms in total. The van der Waals surface area contributed by atoms with Gasteiger partial charge in [0, 0.05) is 51.5 Å². The Hall–Kier alpha value is -2.38. The Bertz CT molecular complexity index is 899. The van der Waals surface area contributed by atoms with Crippen LogP contribution >= 0.6 is 24.8 Å². The maximum absolute atomic E-state index is 12.8. The summed E-state index contributed by atoms with van der Waals surface area (Å²) in [5.41, 5.74) is 2.88. The zero-order chi connectivity index (χ0) is 19.7. The number of hydrogen-bond acceptors (Lipinski definition) is 5. The van der Waals surface area contributed by atoms with Crippen LogP contribution in [-0.4, -0.2) is 59.4 Å². The Morgan fingerprint density at radius 1 is 0.967 bits per heavy atom. The van der Waals surface area contributed by atoms with Gasteiger partial charge in [0.2, 0.25) is 5.91 Å². The second kappa shape index (κ2) is 10.1. The van der Waals surface area contributed by atoms with Gasteiger partial charge in [0.1, 0.15) is 11.6 Å². The van der Waals surface area contributed by atoms with E-state index in [1.807, 2.05) is 18.0 Å². The van der Waals surface area contributed by atoms with Crippen LogP contribution in [0.15, 0.2) is 30.6 Å². The van der Waals surface area contributed by atoms with Crippen molar-refractivity contribution in [1.29, 1.82) is 0 Å². The molecule has 0 saturated carbocycles. The first kappa shape index (κ1) is 23.9. The fourth-order valence-electron chi connectivity index (χ4n) is 3.91. The van der Waals surface area contributed by atoms with Crippen molar-refractivity contribution in [3.05, 3.63) is 47.3 Å². The normalized spacial score (nSPS) is 16.2. The summed E-state index contributed by atoms with van der Waals surface area (Å²) in [5, 5.41) is 0. The molecule has 2 fully saturated rings. The summed E-state index contributed by atoms with van der Waals surface area (Å²) in [6.45, 7) is 7.64. The predicted molar refractivity (Wildman–Crippen MR) is 122 cm³/mol. The lowest BCUT2D eigenvalue weighted by molar-refractivity contribution is -0.117. The molecular weight excluding hydrogens is 425 g/mol. The van der Waals surface area contributed by atoms with Crippen LogP contribution < -0.4 is 9.80 Å². The van der Waals surface area contributed by atoms with E-state index in [-0.39, 0.29) is 36.6 Å². The molecule has 0 aromatic carbocycles. The van der Waals surface area contributed by atoms with Crippen molar-refractivity contribution < 1.29 is 9.59 Å². The van der Waals surface area contributed by atoms with E-state index in [0.29, 0.717) is 37.4 Å². The van der Waals surface area contributed by atoms with Gasteiger partial charge >= 0.3 is 0 Å². The monoisotopic (exact) mass is 451 g/mol. The smallest absolute Gasteiger partial charge is 0.255 e. The largest absolute Gasteiger partial charge is 0.353 e. The van der Waals surface area contributed by atoms with Gasteiger partial charge in [-0.15, -0.1) is 24.8 Å². The SMILES string of the molecule is Cc1cnc(N2CCN(C(=O)c3ccc(N4CCCC4=O)nc3)CC2)c(C)c1.Cl.Cl. The molecule has 2 aromatic rings. The van der Waals surface area contributed by atoms with E-state index in [0.717, 1.165) is 36.5 Å². The van der Waals surface area contributed by atoms with Crippen LogP contribution in [0, 0.1) is 13.8 Å². The highest BCUT2D eigenvalue weighted by atomic mass is 35.5. The van der Waals surface area contributed by atoms with Gasteiger partial charge in [0.15, 0.2) is 0 Å². The molecule has 0 atom stereocenters. The summed E-state index contributed by atoms with van der Waals surface area (Å²) in [5.74, 6) is 1.71. The molecule has 0 aliphatic carbocycles. The van der Waals surface area contributed by atoms with Crippen LogP contribution in [0.25, 0.3) is 0 Å². The van der Waals surface area contributed by atoms with E-state index in [1.165, 1.54) is 0 Å². The molecular formula is C21H27Cl2N5O2. The van der Waals surface area contributed by atoms with Crippen molar-refractivity contribution in [1.82, 2.24) is 14.9 Å². The van der Waals surface area contributed by atoms with Crippen molar-refractivity contribution >= 4 is 48.3 Å². The van der Waals surface area contributed by atoms with Crippen molar-refractivity contribution in [2.24, 2.45) is 0 Å². The molecule has 0 unspecified atom stereocenters. The van der Waals surface area contributed by atoms with Crippen molar-refractivity contribution in [2.45, 2.75) is 26.7 Å². The lowest BCUT2D eigenvalue weighted by Crippen LogP contribution is -2.49. The molecule has 9 heteroatoms. The summed E-state index contributed by atoms with van der Waals surface area (Å²) >= 11 is 0. The maximum Gasteiger partial charge on any atom is 0.255 e. The first-order chi connectivity index (χ1) is 13.5. The average Bonchev–Trinajstić information content (AvgIpc) is 3.14. The van der Waals surface area contributed by atoms with Crippen molar-refractivity contribution in [2.75, 3.05) is 42.5 Å². The standard InChI is InChI=1S/C21H25N5O2.2ClH/c1-15-12-16(2)20(23-13-15)24-8-10-25(11-9-24)21(28)17-5-6-18(22-14-17)26-7-3-4-19(26)27;;/h5-6,12-14H,3-4,7-11H2,1-2H3;2*1H. The van der Waals surface area contributed by atoms with Gasteiger partial charge in [0.25, 0.3) is 5.91 Å². The van der Waals surface area contributed by atoms with Crippen LogP contribution in [0.1, 0.15) is 34.3 Å². The van der Waals surface area contributed by atoms with E-state index in [2.05, 4.69) is 27.9 Å². The lowest BCUT2D eigenvalue weighted by Gasteiger charge is -2.36. The van der Waals surface area contributed by atoms with E-state index >= 15 is 0 Å². The van der Waals surface area contributed by atoms with E-state index in [9.17, 15) is 9.59 Å². The van der Waals surface area contributed by atoms with Gasteiger partial charge in [0.05, 0.1) is 5.56 Å². The van der Waals surface area contributed by atoms with E-state index < -0.39 is 0 Å². The summed E-state index contributed by atoms with van der Waals surface area (Å²) in [4.78, 5) is 39.3. The van der Waals surface area contributed by atoms with Gasteiger partial charge in [-0.3, -0.25) is 14.5 Å². The summed E-state index contributed by atoms with van der Waals surface area (Å²) in [6.07, 6.45) is 4.91. The van der Waals surface area contributed by atoms with Crippen LogP contribution in [0.3, 0.4) is 0 Å². The molecule has 30 heavy (non-hydrogen) atoms. The second-order valence-corrected chi connectivity index (χ2v) is 7.49. The van der Waals surface area contributed by atoms with Gasteiger partial charge in [-0.2, -0.15) is 0 Å². The molecule has 0 bridgehead atoms. The number of halogens is 2. The number of piperazine rings is 1. The first-order valence-electron chi connectivity index (χ1n) is 9.77. The topological polar surface area (TPSA) is 69.6 Å². The molecule has 2 amide bonds. The van der Waals surface area contributed by atoms with E-state index in [1.54, 1.807) is 23.2 Å². The molecule has 2 saturated heterocycles. The Morgan fingerprint density at radius 3 is 2.27 bits per heavy atom. The van der Waals surface area contributed by atoms with Gasteiger partial charge in [-0.25, -0.2) is 9.97 Å². The van der Waals surface area contributed by atoms with Crippen LogP contribution in [0.4, 0.5) is 11.6 Å². The minimum absolute atomic E-state index is 0. The van der Waals surface area contributed by atoms with Crippen molar-refractivity contribution in [3.63, 3.8) is 0 Å². The Balaban J connectivity index is 0.00000160. The molecule has 4 rings (SSSR count). The molecule has 2 aliphatic heterocycles. The Labute approximate surface area is 189 Å². The summed E-state index contributed by atoms with van der Waals surface area (Å²) in [7, 11) is 0. The van der Waals surface area contributed by atoms with E-state index in [4.69, 9.17) is 0 Å². The fraction of sp³-hybridized carbons (Fsp3) is 0.429.